The minimum Gasteiger partial charge on any atom is -0.383 e. The van der Waals surface area contributed by atoms with E-state index < -0.39 is 0 Å². The van der Waals surface area contributed by atoms with E-state index in [1.807, 2.05) is 31.3 Å². The Morgan fingerprint density at radius 2 is 1.87 bits per heavy atom. The summed E-state index contributed by atoms with van der Waals surface area (Å²) in [6.07, 6.45) is 0. The van der Waals surface area contributed by atoms with Crippen LogP contribution in [-0.2, 0) is 0 Å². The lowest BCUT2D eigenvalue weighted by Crippen LogP contribution is -2.42. The van der Waals surface area contributed by atoms with Crippen LogP contribution in [0.25, 0.3) is 0 Å². The van der Waals surface area contributed by atoms with Crippen molar-refractivity contribution in [2.75, 3.05) is 18.9 Å². The van der Waals surface area contributed by atoms with E-state index >= 15 is 0 Å². The molecule has 0 saturated carbocycles. The fraction of sp³-hybridized carbons (Fsp3) is 0.417. The Balaban J connectivity index is 2.56. The van der Waals surface area contributed by atoms with Crippen LogP contribution in [0, 0.1) is 11.3 Å². The van der Waals surface area contributed by atoms with E-state index in [0.29, 0.717) is 5.56 Å². The zero-order valence-electron chi connectivity index (χ0n) is 9.46. The smallest absolute Gasteiger partial charge is 0.0991 e. The molecule has 2 N–H and O–H groups in total. The van der Waals surface area contributed by atoms with Crippen molar-refractivity contribution in [2.45, 2.75) is 19.4 Å². The summed E-state index contributed by atoms with van der Waals surface area (Å²) in [5, 5.41) is 15.2. The monoisotopic (exact) mass is 203 g/mol. The topological polar surface area (TPSA) is 47.8 Å². The average molecular weight is 203 g/mol. The average Bonchev–Trinajstić information content (AvgIpc) is 2.27. The van der Waals surface area contributed by atoms with Crippen LogP contribution in [0.1, 0.15) is 19.4 Å². The van der Waals surface area contributed by atoms with Gasteiger partial charge in [-0.3, -0.25) is 0 Å². The highest BCUT2D eigenvalue weighted by Crippen LogP contribution is 2.10. The largest absolute Gasteiger partial charge is 0.383 e. The SMILES string of the molecule is CNC(C)(C)CNc1ccc(C#N)cc1. The summed E-state index contributed by atoms with van der Waals surface area (Å²) in [6, 6.07) is 9.57. The first kappa shape index (κ1) is 11.5. The predicted octanol–water partition coefficient (Wildman–Crippen LogP) is 1.97. The molecule has 1 rings (SSSR count). The summed E-state index contributed by atoms with van der Waals surface area (Å²) >= 11 is 0. The van der Waals surface area contributed by atoms with Crippen LogP contribution in [0.5, 0.6) is 0 Å². The van der Waals surface area contributed by atoms with Crippen molar-refractivity contribution in [3.05, 3.63) is 29.8 Å². The molecule has 0 bridgehead atoms. The van der Waals surface area contributed by atoms with E-state index in [0.717, 1.165) is 12.2 Å². The second-order valence-corrected chi connectivity index (χ2v) is 4.18. The van der Waals surface area contributed by atoms with E-state index in [1.165, 1.54) is 0 Å². The van der Waals surface area contributed by atoms with Gasteiger partial charge >= 0.3 is 0 Å². The molecule has 0 unspecified atom stereocenters. The lowest BCUT2D eigenvalue weighted by molar-refractivity contribution is 0.448. The van der Waals surface area contributed by atoms with Crippen molar-refractivity contribution in [3.63, 3.8) is 0 Å². The fourth-order valence-corrected chi connectivity index (χ4v) is 1.07. The van der Waals surface area contributed by atoms with Gasteiger partial charge in [-0.1, -0.05) is 0 Å². The second-order valence-electron chi connectivity index (χ2n) is 4.18. The van der Waals surface area contributed by atoms with Gasteiger partial charge in [0.1, 0.15) is 0 Å². The maximum Gasteiger partial charge on any atom is 0.0991 e. The number of nitrogens with zero attached hydrogens (tertiary/aromatic N) is 1. The summed E-state index contributed by atoms with van der Waals surface area (Å²) in [5.41, 5.74) is 1.79. The number of anilines is 1. The lowest BCUT2D eigenvalue weighted by atomic mass is 10.1. The Bertz CT molecular complexity index is 346. The van der Waals surface area contributed by atoms with Gasteiger partial charge in [0.15, 0.2) is 0 Å². The first-order chi connectivity index (χ1) is 7.07. The van der Waals surface area contributed by atoms with Gasteiger partial charge in [-0.05, 0) is 45.2 Å². The molecule has 3 nitrogen and oxygen atoms in total. The molecule has 0 aliphatic rings. The van der Waals surface area contributed by atoms with E-state index in [9.17, 15) is 0 Å². The quantitative estimate of drug-likeness (QED) is 0.786. The van der Waals surface area contributed by atoms with E-state index in [2.05, 4.69) is 30.6 Å². The minimum absolute atomic E-state index is 0.0634. The van der Waals surface area contributed by atoms with Crippen molar-refractivity contribution >= 4 is 5.69 Å². The van der Waals surface area contributed by atoms with Crippen LogP contribution in [0.15, 0.2) is 24.3 Å². The van der Waals surface area contributed by atoms with Crippen LogP contribution in [0.2, 0.25) is 0 Å². The molecule has 0 aliphatic carbocycles. The first-order valence-electron chi connectivity index (χ1n) is 5.00. The molecule has 15 heavy (non-hydrogen) atoms. The van der Waals surface area contributed by atoms with Gasteiger partial charge in [0.05, 0.1) is 11.6 Å². The number of hydrogen-bond donors (Lipinski definition) is 2. The zero-order chi connectivity index (χ0) is 11.3. The molecule has 80 valence electrons. The molecular formula is C12H17N3. The molecule has 0 heterocycles. The lowest BCUT2D eigenvalue weighted by Gasteiger charge is -2.24. The van der Waals surface area contributed by atoms with Crippen molar-refractivity contribution < 1.29 is 0 Å². The van der Waals surface area contributed by atoms with Crippen LogP contribution in [-0.4, -0.2) is 19.1 Å². The minimum atomic E-state index is 0.0634. The normalized spacial score (nSPS) is 10.8. The van der Waals surface area contributed by atoms with Gasteiger partial charge in [0.2, 0.25) is 0 Å². The van der Waals surface area contributed by atoms with Crippen LogP contribution < -0.4 is 10.6 Å². The Hall–Kier alpha value is -1.53. The van der Waals surface area contributed by atoms with Crippen LogP contribution in [0.3, 0.4) is 0 Å². The number of rotatable bonds is 4. The van der Waals surface area contributed by atoms with Gasteiger partial charge < -0.3 is 10.6 Å². The number of hydrogen-bond acceptors (Lipinski definition) is 3. The summed E-state index contributed by atoms with van der Waals surface area (Å²) in [4.78, 5) is 0. The highest BCUT2D eigenvalue weighted by atomic mass is 15.0. The maximum atomic E-state index is 8.65. The van der Waals surface area contributed by atoms with Crippen molar-refractivity contribution in [2.24, 2.45) is 0 Å². The van der Waals surface area contributed by atoms with Gasteiger partial charge in [-0.15, -0.1) is 0 Å². The molecule has 0 amide bonds. The Labute approximate surface area is 91.1 Å². The molecule has 0 radical (unpaired) electrons. The third kappa shape index (κ3) is 3.61. The van der Waals surface area contributed by atoms with Crippen LogP contribution >= 0.6 is 0 Å². The Kier molecular flexibility index (Phi) is 3.70. The van der Waals surface area contributed by atoms with Gasteiger partial charge in [-0.2, -0.15) is 5.26 Å². The van der Waals surface area contributed by atoms with Gasteiger partial charge in [0, 0.05) is 17.8 Å². The molecular weight excluding hydrogens is 186 g/mol. The first-order valence-corrected chi connectivity index (χ1v) is 5.00. The molecule has 0 aromatic heterocycles. The molecule has 0 fully saturated rings. The molecule has 1 aromatic carbocycles. The fourth-order valence-electron chi connectivity index (χ4n) is 1.07. The number of likely N-dealkylation sites (N-methyl/N-ethyl adjacent to an activating group) is 1. The highest BCUT2D eigenvalue weighted by Gasteiger charge is 2.13. The van der Waals surface area contributed by atoms with Crippen molar-refractivity contribution in [1.82, 2.24) is 5.32 Å². The van der Waals surface area contributed by atoms with E-state index in [1.54, 1.807) is 0 Å². The zero-order valence-corrected chi connectivity index (χ0v) is 9.46. The summed E-state index contributed by atoms with van der Waals surface area (Å²) < 4.78 is 0. The maximum absolute atomic E-state index is 8.65. The third-order valence-corrected chi connectivity index (χ3v) is 2.43. The molecule has 0 saturated heterocycles. The number of nitriles is 1. The molecule has 3 heteroatoms. The predicted molar refractivity (Wildman–Crippen MR) is 62.8 cm³/mol. The van der Waals surface area contributed by atoms with E-state index in [-0.39, 0.29) is 5.54 Å². The molecule has 0 spiro atoms. The molecule has 0 atom stereocenters. The summed E-state index contributed by atoms with van der Waals surface area (Å²) in [5.74, 6) is 0. The molecule has 1 aromatic rings. The third-order valence-electron chi connectivity index (χ3n) is 2.43. The number of benzene rings is 1. The van der Waals surface area contributed by atoms with Gasteiger partial charge in [0.25, 0.3) is 0 Å². The summed E-state index contributed by atoms with van der Waals surface area (Å²) in [7, 11) is 1.94. The van der Waals surface area contributed by atoms with Crippen LogP contribution in [0.4, 0.5) is 5.69 Å². The Morgan fingerprint density at radius 3 is 2.33 bits per heavy atom. The number of nitrogens with one attached hydrogen (secondary N) is 2. The van der Waals surface area contributed by atoms with E-state index in [4.69, 9.17) is 5.26 Å². The summed E-state index contributed by atoms with van der Waals surface area (Å²) in [6.45, 7) is 5.10. The van der Waals surface area contributed by atoms with Crippen molar-refractivity contribution in [1.29, 1.82) is 5.26 Å². The standard InChI is InChI=1S/C12H17N3/c1-12(2,14-3)9-15-11-6-4-10(8-13)5-7-11/h4-7,14-15H,9H2,1-3H3. The van der Waals surface area contributed by atoms with Crippen molar-refractivity contribution in [3.8, 4) is 6.07 Å². The highest BCUT2D eigenvalue weighted by molar-refractivity contribution is 5.47. The second kappa shape index (κ2) is 4.81. The Morgan fingerprint density at radius 1 is 1.27 bits per heavy atom. The molecule has 0 aliphatic heterocycles. The van der Waals surface area contributed by atoms with Gasteiger partial charge in [-0.25, -0.2) is 0 Å².